The average Bonchev–Trinajstić information content (AvgIpc) is 2.24. The number of nitrogens with two attached hydrogens (primary N) is 1. The fourth-order valence-corrected chi connectivity index (χ4v) is 1.93. The summed E-state index contributed by atoms with van der Waals surface area (Å²) in [5.74, 6) is 0.192. The summed E-state index contributed by atoms with van der Waals surface area (Å²) in [5, 5.41) is 3.14. The van der Waals surface area contributed by atoms with Crippen LogP contribution in [0.3, 0.4) is 0 Å². The van der Waals surface area contributed by atoms with E-state index in [1.165, 1.54) is 0 Å². The lowest BCUT2D eigenvalue weighted by Gasteiger charge is -2.31. The Bertz CT molecular complexity index is 247. The number of carbonyl (C=O) groups is 1. The smallest absolute Gasteiger partial charge is 0.155 e. The van der Waals surface area contributed by atoms with Crippen LogP contribution in [0.1, 0.15) is 53.9 Å². The van der Waals surface area contributed by atoms with Gasteiger partial charge in [-0.3, -0.25) is 4.79 Å². The van der Waals surface area contributed by atoms with Gasteiger partial charge in [0, 0.05) is 5.41 Å². The molecule has 102 valence electrons. The van der Waals surface area contributed by atoms with E-state index in [1.807, 2.05) is 27.8 Å². The highest BCUT2D eigenvalue weighted by Crippen LogP contribution is 2.30. The van der Waals surface area contributed by atoms with Crippen molar-refractivity contribution in [3.63, 3.8) is 0 Å². The fourth-order valence-electron chi connectivity index (χ4n) is 1.93. The molecule has 0 aliphatic heterocycles. The third-order valence-electron chi connectivity index (χ3n) is 3.71. The Morgan fingerprint density at radius 2 is 1.82 bits per heavy atom. The number of carbonyl (C=O) groups excluding carboxylic acids is 1. The fraction of sp³-hybridized carbons (Fsp3) is 0.929. The quantitative estimate of drug-likeness (QED) is 0.687. The van der Waals surface area contributed by atoms with E-state index in [2.05, 4.69) is 19.2 Å². The van der Waals surface area contributed by atoms with Crippen molar-refractivity contribution >= 4 is 5.78 Å². The first-order chi connectivity index (χ1) is 7.66. The molecule has 0 aromatic rings. The van der Waals surface area contributed by atoms with Crippen LogP contribution in [0.15, 0.2) is 0 Å². The summed E-state index contributed by atoms with van der Waals surface area (Å²) < 4.78 is 0. The second kappa shape index (κ2) is 6.50. The lowest BCUT2D eigenvalue weighted by atomic mass is 9.75. The molecular weight excluding hydrogens is 212 g/mol. The lowest BCUT2D eigenvalue weighted by molar-refractivity contribution is -0.129. The van der Waals surface area contributed by atoms with Crippen molar-refractivity contribution in [1.82, 2.24) is 5.32 Å². The summed E-state index contributed by atoms with van der Waals surface area (Å²) in [4.78, 5) is 12.2. The monoisotopic (exact) mass is 242 g/mol. The van der Waals surface area contributed by atoms with E-state index in [0.717, 1.165) is 25.8 Å². The van der Waals surface area contributed by atoms with Crippen LogP contribution in [0, 0.1) is 10.8 Å². The molecular formula is C14H30N2O. The molecule has 0 saturated heterocycles. The maximum absolute atomic E-state index is 12.2. The molecule has 0 aliphatic rings. The van der Waals surface area contributed by atoms with Crippen LogP contribution in [0.2, 0.25) is 0 Å². The van der Waals surface area contributed by atoms with Gasteiger partial charge in [-0.2, -0.15) is 0 Å². The minimum atomic E-state index is -0.336. The molecule has 3 heteroatoms. The van der Waals surface area contributed by atoms with Crippen molar-refractivity contribution in [2.45, 2.75) is 59.9 Å². The van der Waals surface area contributed by atoms with E-state index >= 15 is 0 Å². The zero-order valence-electron chi connectivity index (χ0n) is 12.4. The lowest BCUT2D eigenvalue weighted by Crippen LogP contribution is -2.43. The zero-order valence-corrected chi connectivity index (χ0v) is 12.4. The number of nitrogens with one attached hydrogen (secondary N) is 1. The van der Waals surface area contributed by atoms with Crippen LogP contribution >= 0.6 is 0 Å². The highest BCUT2D eigenvalue weighted by atomic mass is 16.1. The first kappa shape index (κ1) is 16.6. The Hall–Kier alpha value is -0.410. The first-order valence-corrected chi connectivity index (χ1v) is 6.61. The molecule has 0 bridgehead atoms. The van der Waals surface area contributed by atoms with Crippen LogP contribution in [0.5, 0.6) is 0 Å². The minimum Gasteiger partial charge on any atom is -0.321 e. The molecule has 0 spiro atoms. The van der Waals surface area contributed by atoms with Gasteiger partial charge in [0.15, 0.2) is 5.78 Å². The Morgan fingerprint density at radius 1 is 1.29 bits per heavy atom. The maximum atomic E-state index is 12.2. The standard InChI is InChI=1S/C14H30N2O/c1-7-14(4,5)12(17)11(15)10-13(2,3)8-9-16-6/h11,16H,7-10,15H2,1-6H3. The van der Waals surface area contributed by atoms with Crippen molar-refractivity contribution in [1.29, 1.82) is 0 Å². The maximum Gasteiger partial charge on any atom is 0.155 e. The Morgan fingerprint density at radius 3 is 2.24 bits per heavy atom. The average molecular weight is 242 g/mol. The van der Waals surface area contributed by atoms with Gasteiger partial charge in [-0.15, -0.1) is 0 Å². The van der Waals surface area contributed by atoms with Crippen LogP contribution < -0.4 is 11.1 Å². The van der Waals surface area contributed by atoms with Crippen molar-refractivity contribution in [2.24, 2.45) is 16.6 Å². The van der Waals surface area contributed by atoms with E-state index < -0.39 is 0 Å². The van der Waals surface area contributed by atoms with Gasteiger partial charge in [0.1, 0.15) is 0 Å². The number of hydrogen-bond donors (Lipinski definition) is 2. The van der Waals surface area contributed by atoms with Gasteiger partial charge in [-0.05, 0) is 38.3 Å². The van der Waals surface area contributed by atoms with Gasteiger partial charge >= 0.3 is 0 Å². The van der Waals surface area contributed by atoms with Gasteiger partial charge < -0.3 is 11.1 Å². The van der Waals surface area contributed by atoms with E-state index in [0.29, 0.717) is 0 Å². The summed E-state index contributed by atoms with van der Waals surface area (Å²) in [6.45, 7) is 11.3. The van der Waals surface area contributed by atoms with E-state index in [-0.39, 0.29) is 22.7 Å². The number of ketones is 1. The molecule has 1 unspecified atom stereocenters. The Kier molecular flexibility index (Phi) is 6.35. The molecule has 0 aliphatic carbocycles. The largest absolute Gasteiger partial charge is 0.321 e. The predicted octanol–water partition coefficient (Wildman–Crippen LogP) is 2.34. The summed E-state index contributed by atoms with van der Waals surface area (Å²) >= 11 is 0. The molecule has 0 saturated carbocycles. The highest BCUT2D eigenvalue weighted by Gasteiger charge is 2.33. The third-order valence-corrected chi connectivity index (χ3v) is 3.71. The van der Waals surface area contributed by atoms with Gasteiger partial charge in [0.25, 0.3) is 0 Å². The normalized spacial score (nSPS) is 14.8. The van der Waals surface area contributed by atoms with Gasteiger partial charge in [0.05, 0.1) is 6.04 Å². The van der Waals surface area contributed by atoms with E-state index in [1.54, 1.807) is 0 Å². The molecule has 0 aromatic carbocycles. The molecule has 1 atom stereocenters. The van der Waals surface area contributed by atoms with Gasteiger partial charge in [-0.1, -0.05) is 34.6 Å². The number of rotatable bonds is 8. The second-order valence-electron chi connectivity index (χ2n) is 6.43. The van der Waals surface area contributed by atoms with Crippen LogP contribution in [-0.2, 0) is 4.79 Å². The van der Waals surface area contributed by atoms with Crippen LogP contribution in [0.25, 0.3) is 0 Å². The first-order valence-electron chi connectivity index (χ1n) is 6.61. The highest BCUT2D eigenvalue weighted by molar-refractivity contribution is 5.88. The Labute approximate surface area is 107 Å². The van der Waals surface area contributed by atoms with Crippen LogP contribution in [0.4, 0.5) is 0 Å². The molecule has 3 nitrogen and oxygen atoms in total. The Balaban J connectivity index is 4.43. The molecule has 0 heterocycles. The third kappa shape index (κ3) is 5.64. The van der Waals surface area contributed by atoms with Crippen molar-refractivity contribution in [2.75, 3.05) is 13.6 Å². The molecule has 0 amide bonds. The molecule has 0 aromatic heterocycles. The summed E-state index contributed by atoms with van der Waals surface area (Å²) in [5.41, 5.74) is 5.89. The second-order valence-corrected chi connectivity index (χ2v) is 6.43. The van der Waals surface area contributed by atoms with Gasteiger partial charge in [-0.25, -0.2) is 0 Å². The van der Waals surface area contributed by atoms with Gasteiger partial charge in [0.2, 0.25) is 0 Å². The van der Waals surface area contributed by atoms with Crippen LogP contribution in [-0.4, -0.2) is 25.4 Å². The molecule has 17 heavy (non-hydrogen) atoms. The zero-order chi connectivity index (χ0) is 13.7. The van der Waals surface area contributed by atoms with E-state index in [4.69, 9.17) is 5.73 Å². The summed E-state index contributed by atoms with van der Waals surface area (Å²) in [6, 6.07) is -0.336. The van der Waals surface area contributed by atoms with Crippen molar-refractivity contribution in [3.8, 4) is 0 Å². The molecule has 0 radical (unpaired) electrons. The topological polar surface area (TPSA) is 55.1 Å². The molecule has 0 rings (SSSR count). The van der Waals surface area contributed by atoms with Crippen molar-refractivity contribution < 1.29 is 4.79 Å². The molecule has 3 N–H and O–H groups in total. The SMILES string of the molecule is CCC(C)(C)C(=O)C(N)CC(C)(C)CCNC. The number of Topliss-reactive ketones (excluding diaryl/α,β-unsaturated/α-hetero) is 1. The molecule has 0 fully saturated rings. The van der Waals surface area contributed by atoms with Crippen molar-refractivity contribution in [3.05, 3.63) is 0 Å². The summed E-state index contributed by atoms with van der Waals surface area (Å²) in [7, 11) is 1.95. The number of hydrogen-bond acceptors (Lipinski definition) is 3. The predicted molar refractivity (Wildman–Crippen MR) is 74.0 cm³/mol. The summed E-state index contributed by atoms with van der Waals surface area (Å²) in [6.07, 6.45) is 2.64. The minimum absolute atomic E-state index is 0.113. The van der Waals surface area contributed by atoms with E-state index in [9.17, 15) is 4.79 Å².